The van der Waals surface area contributed by atoms with Crippen molar-refractivity contribution in [1.82, 2.24) is 4.90 Å². The number of carboxylic acids is 1. The average molecular weight is 602 g/mol. The molecule has 9 nitrogen and oxygen atoms in total. The van der Waals surface area contributed by atoms with Crippen LogP contribution in [0.3, 0.4) is 0 Å². The fraction of sp³-hybridized carbons (Fsp3) is 0.562. The highest BCUT2D eigenvalue weighted by molar-refractivity contribution is 6.74. The molecule has 1 amide bonds. The Morgan fingerprint density at radius 2 is 1.55 bits per heavy atom. The Labute approximate surface area is 251 Å². The predicted octanol–water partition coefficient (Wildman–Crippen LogP) is 6.71. The van der Waals surface area contributed by atoms with Crippen LogP contribution < -0.4 is 14.2 Å². The number of carboxylic acid groups (broad SMARTS) is 1. The third kappa shape index (κ3) is 8.41. The van der Waals surface area contributed by atoms with Gasteiger partial charge in [0.15, 0.2) is 8.32 Å². The number of hydrogen-bond acceptors (Lipinski definition) is 7. The molecular weight excluding hydrogens is 554 g/mol. The van der Waals surface area contributed by atoms with Gasteiger partial charge in [-0.1, -0.05) is 32.9 Å². The summed E-state index contributed by atoms with van der Waals surface area (Å²) in [5, 5.41) is 10.3. The Balaban J connectivity index is 1.97. The molecule has 0 unspecified atom stereocenters. The first-order valence-electron chi connectivity index (χ1n) is 14.3. The van der Waals surface area contributed by atoms with E-state index in [9.17, 15) is 14.7 Å². The summed E-state index contributed by atoms with van der Waals surface area (Å²) in [5.41, 5.74) is 0.946. The number of rotatable bonds is 9. The first-order chi connectivity index (χ1) is 19.4. The number of carbonyl (C=O) groups excluding carboxylic acids is 1. The largest absolute Gasteiger partial charge is 0.497 e. The van der Waals surface area contributed by atoms with Crippen LogP contribution in [0.5, 0.6) is 17.2 Å². The number of carbonyl (C=O) groups is 2. The fourth-order valence-corrected chi connectivity index (χ4v) is 6.10. The van der Waals surface area contributed by atoms with Gasteiger partial charge in [-0.05, 0) is 74.3 Å². The summed E-state index contributed by atoms with van der Waals surface area (Å²) in [5.74, 6) is -0.484. The van der Waals surface area contributed by atoms with Crippen molar-refractivity contribution in [3.63, 3.8) is 0 Å². The van der Waals surface area contributed by atoms with Gasteiger partial charge in [0, 0.05) is 25.1 Å². The zero-order valence-corrected chi connectivity index (χ0v) is 27.6. The highest BCUT2D eigenvalue weighted by Gasteiger charge is 2.48. The summed E-state index contributed by atoms with van der Waals surface area (Å²) in [6.07, 6.45) is -1.09. The minimum Gasteiger partial charge on any atom is -0.497 e. The Morgan fingerprint density at radius 3 is 2.07 bits per heavy atom. The molecule has 2 aromatic rings. The molecule has 1 aliphatic heterocycles. The maximum absolute atomic E-state index is 13.1. The van der Waals surface area contributed by atoms with Crippen molar-refractivity contribution in [2.75, 3.05) is 27.3 Å². The van der Waals surface area contributed by atoms with E-state index in [4.69, 9.17) is 23.4 Å². The molecule has 10 heteroatoms. The van der Waals surface area contributed by atoms with Gasteiger partial charge in [-0.25, -0.2) is 4.79 Å². The van der Waals surface area contributed by atoms with Crippen LogP contribution in [0, 0.1) is 5.92 Å². The number of methoxy groups -OCH3 is 2. The molecule has 232 valence electrons. The summed E-state index contributed by atoms with van der Waals surface area (Å²) < 4.78 is 29.4. The first-order valence-corrected chi connectivity index (χ1v) is 17.2. The Morgan fingerprint density at radius 1 is 0.929 bits per heavy atom. The monoisotopic (exact) mass is 601 g/mol. The molecule has 0 spiro atoms. The second-order valence-electron chi connectivity index (χ2n) is 13.4. The van der Waals surface area contributed by atoms with E-state index in [2.05, 4.69) is 33.9 Å². The second-order valence-corrected chi connectivity index (χ2v) is 18.1. The van der Waals surface area contributed by atoms with Crippen LogP contribution in [-0.4, -0.2) is 69.4 Å². The summed E-state index contributed by atoms with van der Waals surface area (Å²) in [6.45, 7) is 16.6. The SMILES string of the molecule is COc1cc(COc2cccc([C@@H]3[C@@H](C(=O)O)CN(C(=O)OC(C)(C)C)C[C@H]3O[Si](C)(C)C(C)(C)C)c2)cc(OC)c1. The minimum absolute atomic E-state index is 0.0148. The van der Waals surface area contributed by atoms with Crippen molar-refractivity contribution in [3.05, 3.63) is 53.6 Å². The molecular formula is C32H47NO8Si. The molecule has 0 radical (unpaired) electrons. The van der Waals surface area contributed by atoms with E-state index < -0.39 is 43.9 Å². The third-order valence-electron chi connectivity index (χ3n) is 7.93. The molecule has 0 aliphatic carbocycles. The van der Waals surface area contributed by atoms with Crippen molar-refractivity contribution < 1.29 is 38.1 Å². The fourth-order valence-electron chi connectivity index (χ4n) is 4.76. The van der Waals surface area contributed by atoms with Gasteiger partial charge in [0.1, 0.15) is 29.5 Å². The zero-order valence-electron chi connectivity index (χ0n) is 26.6. The molecule has 0 bridgehead atoms. The van der Waals surface area contributed by atoms with E-state index in [1.54, 1.807) is 41.1 Å². The van der Waals surface area contributed by atoms with Gasteiger partial charge in [0.25, 0.3) is 0 Å². The quantitative estimate of drug-likeness (QED) is 0.317. The van der Waals surface area contributed by atoms with Crippen molar-refractivity contribution in [1.29, 1.82) is 0 Å². The number of amides is 1. The molecule has 2 aromatic carbocycles. The number of aliphatic carboxylic acids is 1. The molecule has 0 saturated carbocycles. The lowest BCUT2D eigenvalue weighted by atomic mass is 9.78. The van der Waals surface area contributed by atoms with Gasteiger partial charge in [-0.15, -0.1) is 0 Å². The lowest BCUT2D eigenvalue weighted by Crippen LogP contribution is -2.57. The lowest BCUT2D eigenvalue weighted by Gasteiger charge is -2.47. The van der Waals surface area contributed by atoms with Gasteiger partial charge in [0.2, 0.25) is 0 Å². The molecule has 1 saturated heterocycles. The van der Waals surface area contributed by atoms with Crippen molar-refractivity contribution in [3.8, 4) is 17.2 Å². The highest BCUT2D eigenvalue weighted by atomic mass is 28.4. The minimum atomic E-state index is -2.36. The van der Waals surface area contributed by atoms with Gasteiger partial charge in [-0.2, -0.15) is 0 Å². The molecule has 0 aromatic heterocycles. The van der Waals surface area contributed by atoms with Crippen molar-refractivity contribution in [2.24, 2.45) is 5.92 Å². The van der Waals surface area contributed by atoms with Gasteiger partial charge in [-0.3, -0.25) is 4.79 Å². The molecule has 3 atom stereocenters. The Bertz CT molecular complexity index is 1230. The summed E-state index contributed by atoms with van der Waals surface area (Å²) >= 11 is 0. The van der Waals surface area contributed by atoms with Gasteiger partial charge >= 0.3 is 12.1 Å². The topological polar surface area (TPSA) is 104 Å². The van der Waals surface area contributed by atoms with E-state index in [1.807, 2.05) is 36.4 Å². The number of piperidine rings is 1. The number of ether oxygens (including phenoxy) is 4. The Hall–Kier alpha value is -3.24. The number of benzene rings is 2. The maximum Gasteiger partial charge on any atom is 0.410 e. The molecule has 1 aliphatic rings. The number of hydrogen-bond donors (Lipinski definition) is 1. The predicted molar refractivity (Wildman–Crippen MR) is 164 cm³/mol. The maximum atomic E-state index is 13.1. The summed E-state index contributed by atoms with van der Waals surface area (Å²) in [7, 11) is 0.830. The normalized spacial score (nSPS) is 19.7. The van der Waals surface area contributed by atoms with Crippen LogP contribution in [0.4, 0.5) is 4.79 Å². The molecule has 1 fully saturated rings. The molecule has 42 heavy (non-hydrogen) atoms. The summed E-state index contributed by atoms with van der Waals surface area (Å²) in [4.78, 5) is 27.3. The standard InChI is InChI=1S/C32H47NO8Si/c1-31(2,3)40-30(36)33-18-26(29(34)35)28(27(19-33)41-42(9,10)32(4,5)6)22-12-11-13-23(16-22)39-20-21-14-24(37-7)17-25(15-21)38-8/h11-17,26-28H,18-20H2,1-10H3,(H,34,35)/t26-,27+,28+/m0/s1. The zero-order chi connectivity index (χ0) is 31.5. The number of likely N-dealkylation sites (tertiary alicyclic amines) is 1. The summed E-state index contributed by atoms with van der Waals surface area (Å²) in [6, 6.07) is 13.0. The van der Waals surface area contributed by atoms with E-state index >= 15 is 0 Å². The van der Waals surface area contributed by atoms with E-state index in [0.717, 1.165) is 11.1 Å². The third-order valence-corrected chi connectivity index (χ3v) is 12.4. The van der Waals surface area contributed by atoms with Crippen molar-refractivity contribution >= 4 is 20.4 Å². The molecule has 3 rings (SSSR count). The van der Waals surface area contributed by atoms with E-state index in [1.165, 1.54) is 4.90 Å². The average Bonchev–Trinajstić information content (AvgIpc) is 2.89. The van der Waals surface area contributed by atoms with Crippen molar-refractivity contribution in [2.45, 2.75) is 83.9 Å². The molecule has 1 heterocycles. The van der Waals surface area contributed by atoms with Crippen LogP contribution in [0.15, 0.2) is 42.5 Å². The number of nitrogens with zero attached hydrogens (tertiary/aromatic N) is 1. The lowest BCUT2D eigenvalue weighted by molar-refractivity contribution is -0.146. The first kappa shape index (κ1) is 33.3. The van der Waals surface area contributed by atoms with Crippen LogP contribution in [0.1, 0.15) is 58.6 Å². The highest BCUT2D eigenvalue weighted by Crippen LogP contribution is 2.43. The van der Waals surface area contributed by atoms with E-state index in [0.29, 0.717) is 17.2 Å². The van der Waals surface area contributed by atoms with Crippen LogP contribution in [0.2, 0.25) is 18.1 Å². The molecule has 1 N–H and O–H groups in total. The van der Waals surface area contributed by atoms with Crippen LogP contribution >= 0.6 is 0 Å². The second kappa shape index (κ2) is 13.0. The Kier molecular flexibility index (Phi) is 10.3. The van der Waals surface area contributed by atoms with Crippen LogP contribution in [0.25, 0.3) is 0 Å². The van der Waals surface area contributed by atoms with Crippen LogP contribution in [-0.2, 0) is 20.6 Å². The van der Waals surface area contributed by atoms with E-state index in [-0.39, 0.29) is 24.7 Å². The smallest absolute Gasteiger partial charge is 0.410 e. The van der Waals surface area contributed by atoms with Gasteiger partial charge < -0.3 is 33.4 Å². The van der Waals surface area contributed by atoms with Gasteiger partial charge in [0.05, 0.1) is 26.2 Å².